The number of rotatable bonds is 7. The molecular formula is C17H20N2O2. The van der Waals surface area contributed by atoms with Crippen molar-refractivity contribution in [2.75, 3.05) is 0 Å². The average Bonchev–Trinajstić information content (AvgIpc) is 3.18. The highest BCUT2D eigenvalue weighted by atomic mass is 16.4. The molecule has 0 amide bonds. The lowest BCUT2D eigenvalue weighted by atomic mass is 10.0. The number of nitrogens with zero attached hydrogens (tertiary/aromatic N) is 1. The number of carboxylic acid groups (broad SMARTS) is 1. The molecule has 2 aromatic rings. The topological polar surface area (TPSA) is 54.3 Å². The van der Waals surface area contributed by atoms with Gasteiger partial charge in [0, 0.05) is 31.0 Å². The maximum Gasteiger partial charge on any atom is 0.307 e. The summed E-state index contributed by atoms with van der Waals surface area (Å²) in [5.41, 5.74) is 3.20. The fraction of sp³-hybridized carbons (Fsp3) is 0.353. The van der Waals surface area contributed by atoms with Crippen LogP contribution in [0.3, 0.4) is 0 Å². The first kappa shape index (κ1) is 13.9. The van der Waals surface area contributed by atoms with Gasteiger partial charge in [0.25, 0.3) is 0 Å². The van der Waals surface area contributed by atoms with E-state index in [-0.39, 0.29) is 6.42 Å². The summed E-state index contributed by atoms with van der Waals surface area (Å²) < 4.78 is 2.19. The molecule has 1 saturated carbocycles. The third kappa shape index (κ3) is 3.73. The van der Waals surface area contributed by atoms with Crippen LogP contribution in [0.2, 0.25) is 0 Å². The van der Waals surface area contributed by atoms with Crippen LogP contribution in [0, 0.1) is 0 Å². The van der Waals surface area contributed by atoms with Crippen molar-refractivity contribution in [3.05, 3.63) is 59.4 Å². The Morgan fingerprint density at radius 2 is 1.95 bits per heavy atom. The summed E-state index contributed by atoms with van der Waals surface area (Å²) in [6.07, 6.45) is 4.69. The Balaban J connectivity index is 1.73. The quantitative estimate of drug-likeness (QED) is 0.821. The standard InChI is InChI=1S/C17H20N2O2/c20-17(21)10-13-4-1-2-5-14(13)12-19-9-3-6-16(19)11-18-15-7-8-15/h1-6,9,15,18H,7-8,10-12H2,(H,20,21). The van der Waals surface area contributed by atoms with Crippen molar-refractivity contribution in [2.45, 2.75) is 38.4 Å². The monoisotopic (exact) mass is 284 g/mol. The fourth-order valence-corrected chi connectivity index (χ4v) is 2.53. The van der Waals surface area contributed by atoms with Crippen LogP contribution >= 0.6 is 0 Å². The summed E-state index contributed by atoms with van der Waals surface area (Å²) in [4.78, 5) is 11.0. The third-order valence-corrected chi connectivity index (χ3v) is 3.87. The molecule has 1 aliphatic rings. The van der Waals surface area contributed by atoms with Crippen molar-refractivity contribution in [3.63, 3.8) is 0 Å². The summed E-state index contributed by atoms with van der Waals surface area (Å²) in [7, 11) is 0. The van der Waals surface area contributed by atoms with E-state index in [0.717, 1.165) is 24.2 Å². The first-order valence-corrected chi connectivity index (χ1v) is 7.38. The lowest BCUT2D eigenvalue weighted by molar-refractivity contribution is -0.136. The smallest absolute Gasteiger partial charge is 0.307 e. The van der Waals surface area contributed by atoms with Crippen molar-refractivity contribution < 1.29 is 9.90 Å². The lowest BCUT2D eigenvalue weighted by Gasteiger charge is -2.13. The Morgan fingerprint density at radius 3 is 2.67 bits per heavy atom. The molecule has 1 aliphatic carbocycles. The summed E-state index contributed by atoms with van der Waals surface area (Å²) in [5, 5.41) is 12.5. The van der Waals surface area contributed by atoms with Crippen molar-refractivity contribution >= 4 is 5.97 Å². The van der Waals surface area contributed by atoms with Crippen LogP contribution in [0.4, 0.5) is 0 Å². The van der Waals surface area contributed by atoms with Gasteiger partial charge in [0.2, 0.25) is 0 Å². The molecule has 0 atom stereocenters. The Hall–Kier alpha value is -2.07. The van der Waals surface area contributed by atoms with Gasteiger partial charge >= 0.3 is 5.97 Å². The van der Waals surface area contributed by atoms with Gasteiger partial charge in [0.05, 0.1) is 6.42 Å². The zero-order valence-electron chi connectivity index (χ0n) is 12.0. The zero-order valence-corrected chi connectivity index (χ0v) is 12.0. The third-order valence-electron chi connectivity index (χ3n) is 3.87. The van der Waals surface area contributed by atoms with Crippen molar-refractivity contribution in [2.24, 2.45) is 0 Å². The van der Waals surface area contributed by atoms with E-state index in [0.29, 0.717) is 6.04 Å². The lowest BCUT2D eigenvalue weighted by Crippen LogP contribution is -2.18. The molecule has 0 unspecified atom stereocenters. The first-order chi connectivity index (χ1) is 10.2. The van der Waals surface area contributed by atoms with Crippen LogP contribution in [-0.2, 0) is 24.3 Å². The van der Waals surface area contributed by atoms with Gasteiger partial charge in [0.15, 0.2) is 0 Å². The molecule has 0 radical (unpaired) electrons. The summed E-state index contributed by atoms with van der Waals surface area (Å²) in [6.45, 7) is 1.59. The largest absolute Gasteiger partial charge is 0.481 e. The van der Waals surface area contributed by atoms with Gasteiger partial charge in [-0.05, 0) is 36.1 Å². The molecule has 0 saturated heterocycles. The van der Waals surface area contributed by atoms with E-state index in [1.54, 1.807) is 0 Å². The summed E-state index contributed by atoms with van der Waals surface area (Å²) in [5.74, 6) is -0.787. The maximum absolute atomic E-state index is 11.0. The second-order valence-electron chi connectivity index (χ2n) is 5.62. The average molecular weight is 284 g/mol. The highest BCUT2D eigenvalue weighted by Crippen LogP contribution is 2.20. The minimum atomic E-state index is -0.787. The van der Waals surface area contributed by atoms with Gasteiger partial charge in [-0.1, -0.05) is 24.3 Å². The predicted molar refractivity (Wildman–Crippen MR) is 81.2 cm³/mol. The number of hydrogen-bond donors (Lipinski definition) is 2. The van der Waals surface area contributed by atoms with Gasteiger partial charge in [-0.15, -0.1) is 0 Å². The van der Waals surface area contributed by atoms with Crippen molar-refractivity contribution in [1.82, 2.24) is 9.88 Å². The molecule has 4 heteroatoms. The summed E-state index contributed by atoms with van der Waals surface area (Å²) >= 11 is 0. The molecule has 0 bridgehead atoms. The van der Waals surface area contributed by atoms with Gasteiger partial charge in [-0.3, -0.25) is 4.79 Å². The maximum atomic E-state index is 11.0. The number of hydrogen-bond acceptors (Lipinski definition) is 2. The molecule has 1 fully saturated rings. The van der Waals surface area contributed by atoms with Crippen LogP contribution < -0.4 is 5.32 Å². The van der Waals surface area contributed by atoms with E-state index >= 15 is 0 Å². The number of carbonyl (C=O) groups is 1. The number of nitrogens with one attached hydrogen (secondary N) is 1. The van der Waals surface area contributed by atoms with Gasteiger partial charge in [-0.2, -0.15) is 0 Å². The molecule has 1 aromatic heterocycles. The zero-order chi connectivity index (χ0) is 14.7. The Bertz CT molecular complexity index is 629. The SMILES string of the molecule is O=C(O)Cc1ccccc1Cn1cccc1CNC1CC1. The van der Waals surface area contributed by atoms with E-state index in [9.17, 15) is 4.79 Å². The molecular weight excluding hydrogens is 264 g/mol. The molecule has 0 spiro atoms. The highest BCUT2D eigenvalue weighted by Gasteiger charge is 2.20. The molecule has 0 aliphatic heterocycles. The Kier molecular flexibility index (Phi) is 4.06. The molecule has 2 N–H and O–H groups in total. The molecule has 1 heterocycles. The van der Waals surface area contributed by atoms with Crippen LogP contribution in [0.25, 0.3) is 0 Å². The molecule has 3 rings (SSSR count). The number of benzene rings is 1. The Morgan fingerprint density at radius 1 is 1.19 bits per heavy atom. The number of aromatic nitrogens is 1. The Labute approximate surface area is 124 Å². The van der Waals surface area contributed by atoms with Crippen molar-refractivity contribution in [1.29, 1.82) is 0 Å². The van der Waals surface area contributed by atoms with E-state index in [1.807, 2.05) is 30.3 Å². The first-order valence-electron chi connectivity index (χ1n) is 7.38. The van der Waals surface area contributed by atoms with E-state index in [4.69, 9.17) is 5.11 Å². The second kappa shape index (κ2) is 6.14. The van der Waals surface area contributed by atoms with Crippen molar-refractivity contribution in [3.8, 4) is 0 Å². The van der Waals surface area contributed by atoms with E-state index in [2.05, 4.69) is 22.1 Å². The van der Waals surface area contributed by atoms with Gasteiger partial charge < -0.3 is 15.0 Å². The van der Waals surface area contributed by atoms with E-state index in [1.165, 1.54) is 18.5 Å². The van der Waals surface area contributed by atoms with Crippen LogP contribution in [0.1, 0.15) is 29.7 Å². The second-order valence-corrected chi connectivity index (χ2v) is 5.62. The van der Waals surface area contributed by atoms with Gasteiger partial charge in [0.1, 0.15) is 0 Å². The summed E-state index contributed by atoms with van der Waals surface area (Å²) in [6, 6.07) is 12.6. The minimum Gasteiger partial charge on any atom is -0.481 e. The molecule has 4 nitrogen and oxygen atoms in total. The highest BCUT2D eigenvalue weighted by molar-refractivity contribution is 5.70. The van der Waals surface area contributed by atoms with Gasteiger partial charge in [-0.25, -0.2) is 0 Å². The van der Waals surface area contributed by atoms with Crippen LogP contribution in [0.5, 0.6) is 0 Å². The molecule has 1 aromatic carbocycles. The molecule has 21 heavy (non-hydrogen) atoms. The minimum absolute atomic E-state index is 0.0765. The van der Waals surface area contributed by atoms with E-state index < -0.39 is 5.97 Å². The molecule has 110 valence electrons. The fourth-order valence-electron chi connectivity index (χ4n) is 2.53. The number of aliphatic carboxylic acids is 1. The predicted octanol–water partition coefficient (Wildman–Crippen LogP) is 2.42. The normalized spacial score (nSPS) is 14.3. The van der Waals surface area contributed by atoms with Crippen LogP contribution in [0.15, 0.2) is 42.6 Å². The van der Waals surface area contributed by atoms with Crippen LogP contribution in [-0.4, -0.2) is 21.7 Å². The number of carboxylic acids is 1.